The lowest BCUT2D eigenvalue weighted by molar-refractivity contribution is -0.121. The topological polar surface area (TPSA) is 59.3 Å². The Balaban J connectivity index is 1.58. The summed E-state index contributed by atoms with van der Waals surface area (Å²) in [5.41, 5.74) is 5.87. The Morgan fingerprint density at radius 2 is 1.71 bits per heavy atom. The minimum absolute atomic E-state index is 0.0363. The molecule has 0 atom stereocenters. The molecule has 5 nitrogen and oxygen atoms in total. The Morgan fingerprint density at radius 3 is 2.45 bits per heavy atom. The standard InChI is InChI=1S/C23H17Cl3N4O/c24-17-8-6-16(7-9-17)13-27-29-23(31)14-30-21-12-19(26)18(25)11-20(21)28-22(30)10-15-4-2-1-3-5-15/h1-9,11-13H,10,14H2,(H,29,31). The van der Waals surface area contributed by atoms with Crippen molar-refractivity contribution in [3.63, 3.8) is 0 Å². The first kappa shape index (κ1) is 21.4. The summed E-state index contributed by atoms with van der Waals surface area (Å²) in [5.74, 6) is 0.446. The number of fused-ring (bicyclic) bond motifs is 1. The average Bonchev–Trinajstić information content (AvgIpc) is 3.06. The molecule has 8 heteroatoms. The molecule has 0 aliphatic heterocycles. The molecule has 0 saturated heterocycles. The summed E-state index contributed by atoms with van der Waals surface area (Å²) >= 11 is 18.3. The Kier molecular flexibility index (Phi) is 6.56. The maximum absolute atomic E-state index is 12.6. The number of hydrogen-bond donors (Lipinski definition) is 1. The zero-order valence-electron chi connectivity index (χ0n) is 16.2. The normalized spacial score (nSPS) is 11.3. The number of nitrogens with one attached hydrogen (secondary N) is 1. The molecule has 1 aromatic heterocycles. The highest BCUT2D eigenvalue weighted by Gasteiger charge is 2.16. The Hall–Kier alpha value is -2.86. The van der Waals surface area contributed by atoms with Gasteiger partial charge in [0.1, 0.15) is 12.4 Å². The Labute approximate surface area is 194 Å². The molecule has 0 spiro atoms. The highest BCUT2D eigenvalue weighted by atomic mass is 35.5. The number of carbonyl (C=O) groups excluding carboxylic acids is 1. The highest BCUT2D eigenvalue weighted by molar-refractivity contribution is 6.42. The highest BCUT2D eigenvalue weighted by Crippen LogP contribution is 2.29. The van der Waals surface area contributed by atoms with Gasteiger partial charge in [0.25, 0.3) is 5.91 Å². The van der Waals surface area contributed by atoms with Crippen LogP contribution in [0.15, 0.2) is 71.8 Å². The molecule has 0 bridgehead atoms. The van der Waals surface area contributed by atoms with Crippen LogP contribution in [-0.4, -0.2) is 21.7 Å². The number of hydrazone groups is 1. The Bertz CT molecular complexity index is 1250. The summed E-state index contributed by atoms with van der Waals surface area (Å²) in [6.07, 6.45) is 2.12. The zero-order chi connectivity index (χ0) is 21.8. The fourth-order valence-electron chi connectivity index (χ4n) is 3.17. The second-order valence-electron chi connectivity index (χ2n) is 6.88. The maximum Gasteiger partial charge on any atom is 0.260 e. The van der Waals surface area contributed by atoms with Gasteiger partial charge in [-0.1, -0.05) is 77.3 Å². The average molecular weight is 472 g/mol. The quantitative estimate of drug-likeness (QED) is 0.288. The molecule has 4 rings (SSSR count). The molecule has 1 N–H and O–H groups in total. The third-order valence-corrected chi connectivity index (χ3v) is 5.62. The SMILES string of the molecule is O=C(Cn1c(Cc2ccccc2)nc2cc(Cl)c(Cl)cc21)NN=Cc1ccc(Cl)cc1. The second-order valence-corrected chi connectivity index (χ2v) is 8.13. The summed E-state index contributed by atoms with van der Waals surface area (Å²) < 4.78 is 1.83. The van der Waals surface area contributed by atoms with Crippen LogP contribution >= 0.6 is 34.8 Å². The first-order valence-corrected chi connectivity index (χ1v) is 10.6. The predicted molar refractivity (Wildman–Crippen MR) is 126 cm³/mol. The molecule has 1 heterocycles. The fourth-order valence-corrected chi connectivity index (χ4v) is 3.61. The number of amides is 1. The van der Waals surface area contributed by atoms with Crippen molar-refractivity contribution in [3.8, 4) is 0 Å². The van der Waals surface area contributed by atoms with Crippen LogP contribution in [0, 0.1) is 0 Å². The lowest BCUT2D eigenvalue weighted by Gasteiger charge is -2.09. The van der Waals surface area contributed by atoms with Crippen molar-refractivity contribution in [1.82, 2.24) is 15.0 Å². The number of benzene rings is 3. The van der Waals surface area contributed by atoms with Gasteiger partial charge in [0.2, 0.25) is 0 Å². The van der Waals surface area contributed by atoms with Gasteiger partial charge in [-0.25, -0.2) is 10.4 Å². The van der Waals surface area contributed by atoms with E-state index in [1.165, 1.54) is 0 Å². The van der Waals surface area contributed by atoms with Crippen LogP contribution in [0.25, 0.3) is 11.0 Å². The number of aromatic nitrogens is 2. The van der Waals surface area contributed by atoms with Gasteiger partial charge in [-0.2, -0.15) is 5.10 Å². The van der Waals surface area contributed by atoms with Crippen molar-refractivity contribution in [2.45, 2.75) is 13.0 Å². The first-order chi connectivity index (χ1) is 15.0. The number of halogens is 3. The summed E-state index contributed by atoms with van der Waals surface area (Å²) in [5, 5.41) is 5.49. The minimum Gasteiger partial charge on any atom is -0.318 e. The molecule has 0 aliphatic carbocycles. The van der Waals surface area contributed by atoms with Crippen LogP contribution in [-0.2, 0) is 17.8 Å². The van der Waals surface area contributed by atoms with E-state index in [1.807, 2.05) is 47.0 Å². The van der Waals surface area contributed by atoms with Crippen molar-refractivity contribution >= 4 is 58.0 Å². The van der Waals surface area contributed by atoms with E-state index >= 15 is 0 Å². The van der Waals surface area contributed by atoms with Gasteiger partial charge in [-0.15, -0.1) is 0 Å². The molecule has 0 aliphatic rings. The molecule has 0 radical (unpaired) electrons. The largest absolute Gasteiger partial charge is 0.318 e. The summed E-state index contributed by atoms with van der Waals surface area (Å²) in [6.45, 7) is 0.0363. The van der Waals surface area contributed by atoms with Gasteiger partial charge in [0, 0.05) is 11.4 Å². The van der Waals surface area contributed by atoms with Crippen LogP contribution in [0.2, 0.25) is 15.1 Å². The monoisotopic (exact) mass is 470 g/mol. The maximum atomic E-state index is 12.6. The summed E-state index contributed by atoms with van der Waals surface area (Å²) in [4.78, 5) is 17.3. The lowest BCUT2D eigenvalue weighted by Crippen LogP contribution is -2.24. The molecule has 156 valence electrons. The number of imidazole rings is 1. The number of hydrogen-bond acceptors (Lipinski definition) is 3. The molecule has 3 aromatic carbocycles. The van der Waals surface area contributed by atoms with Crippen LogP contribution in [0.1, 0.15) is 17.0 Å². The van der Waals surface area contributed by atoms with Crippen LogP contribution < -0.4 is 5.43 Å². The second kappa shape index (κ2) is 9.52. The first-order valence-electron chi connectivity index (χ1n) is 9.45. The van der Waals surface area contributed by atoms with Gasteiger partial charge >= 0.3 is 0 Å². The van der Waals surface area contributed by atoms with Crippen LogP contribution in [0.4, 0.5) is 0 Å². The van der Waals surface area contributed by atoms with Gasteiger partial charge in [0.05, 0.1) is 27.3 Å². The Morgan fingerprint density at radius 1 is 1.00 bits per heavy atom. The van der Waals surface area contributed by atoms with Crippen LogP contribution in [0.3, 0.4) is 0 Å². The fraction of sp³-hybridized carbons (Fsp3) is 0.0870. The third-order valence-electron chi connectivity index (χ3n) is 4.65. The summed E-state index contributed by atoms with van der Waals surface area (Å²) in [7, 11) is 0. The van der Waals surface area contributed by atoms with E-state index in [0.717, 1.165) is 22.5 Å². The van der Waals surface area contributed by atoms with Crippen molar-refractivity contribution in [2.75, 3.05) is 0 Å². The van der Waals surface area contributed by atoms with E-state index in [-0.39, 0.29) is 12.5 Å². The van der Waals surface area contributed by atoms with Gasteiger partial charge < -0.3 is 4.57 Å². The van der Waals surface area contributed by atoms with Gasteiger partial charge in [-0.3, -0.25) is 4.79 Å². The molecule has 0 fully saturated rings. The van der Waals surface area contributed by atoms with E-state index in [4.69, 9.17) is 34.8 Å². The van der Waals surface area contributed by atoms with Crippen molar-refractivity contribution in [2.24, 2.45) is 5.10 Å². The summed E-state index contributed by atoms with van der Waals surface area (Å²) in [6, 6.07) is 20.5. The smallest absolute Gasteiger partial charge is 0.260 e. The van der Waals surface area contributed by atoms with Gasteiger partial charge in [-0.05, 0) is 35.4 Å². The van der Waals surface area contributed by atoms with E-state index in [0.29, 0.717) is 27.0 Å². The molecular formula is C23H17Cl3N4O. The van der Waals surface area contributed by atoms with E-state index in [9.17, 15) is 4.79 Å². The van der Waals surface area contributed by atoms with Crippen molar-refractivity contribution < 1.29 is 4.79 Å². The number of carbonyl (C=O) groups is 1. The molecule has 4 aromatic rings. The minimum atomic E-state index is -0.287. The van der Waals surface area contributed by atoms with Crippen molar-refractivity contribution in [1.29, 1.82) is 0 Å². The molecule has 0 unspecified atom stereocenters. The number of rotatable bonds is 6. The molecule has 1 amide bonds. The lowest BCUT2D eigenvalue weighted by atomic mass is 10.1. The molecule has 31 heavy (non-hydrogen) atoms. The van der Waals surface area contributed by atoms with Crippen molar-refractivity contribution in [3.05, 3.63) is 98.7 Å². The van der Waals surface area contributed by atoms with Crippen LogP contribution in [0.5, 0.6) is 0 Å². The predicted octanol–water partition coefficient (Wildman–Crippen LogP) is 5.74. The van der Waals surface area contributed by atoms with E-state index in [1.54, 1.807) is 30.5 Å². The molecular weight excluding hydrogens is 455 g/mol. The molecule has 0 saturated carbocycles. The number of nitrogens with zero attached hydrogens (tertiary/aromatic N) is 3. The van der Waals surface area contributed by atoms with E-state index < -0.39 is 0 Å². The van der Waals surface area contributed by atoms with E-state index in [2.05, 4.69) is 15.5 Å². The third kappa shape index (κ3) is 5.25. The van der Waals surface area contributed by atoms with Gasteiger partial charge in [0.15, 0.2) is 0 Å². The zero-order valence-corrected chi connectivity index (χ0v) is 18.5.